The summed E-state index contributed by atoms with van der Waals surface area (Å²) in [4.78, 5) is 10.2. The Bertz CT molecular complexity index is 146. The number of nitriles is 1. The summed E-state index contributed by atoms with van der Waals surface area (Å²) in [6.07, 6.45) is 1.30. The highest BCUT2D eigenvalue weighted by Gasteiger charge is 1.91. The minimum atomic E-state index is -0.481. The van der Waals surface area contributed by atoms with E-state index >= 15 is 0 Å². The number of rotatable bonds is 3. The van der Waals surface area contributed by atoms with Crippen LogP contribution in [0.4, 0.5) is 0 Å². The van der Waals surface area contributed by atoms with Crippen LogP contribution in [0.3, 0.4) is 0 Å². The van der Waals surface area contributed by atoms with Gasteiger partial charge >= 0.3 is 5.97 Å². The van der Waals surface area contributed by atoms with E-state index in [1.165, 1.54) is 0 Å². The summed E-state index contributed by atoms with van der Waals surface area (Å²) in [7, 11) is 0. The van der Waals surface area contributed by atoms with Gasteiger partial charge in [-0.05, 0) is 0 Å². The molecule has 0 aromatic rings. The third kappa shape index (κ3) is 4.56. The minimum absolute atomic E-state index is 0.154. The van der Waals surface area contributed by atoms with E-state index in [1.807, 2.05) is 6.07 Å². The first-order chi connectivity index (χ1) is 4.31. The molecule has 0 radical (unpaired) electrons. The van der Waals surface area contributed by atoms with Crippen molar-refractivity contribution in [2.24, 2.45) is 0 Å². The number of hydrogen-bond donors (Lipinski definition) is 0. The van der Waals surface area contributed by atoms with E-state index < -0.39 is 5.97 Å². The second-order valence-electron chi connectivity index (χ2n) is 1.28. The standard InChI is InChI=1S/C6H7NO2/c1-2-6(8)9-5-3-4-7/h2H,1,3,5H2. The van der Waals surface area contributed by atoms with E-state index in [0.29, 0.717) is 0 Å². The molecule has 3 heteroatoms. The molecule has 3 nitrogen and oxygen atoms in total. The first kappa shape index (κ1) is 7.70. The minimum Gasteiger partial charge on any atom is -0.461 e. The molecule has 0 amide bonds. The molecule has 0 atom stereocenters. The molecule has 0 heterocycles. The van der Waals surface area contributed by atoms with Crippen LogP contribution in [0.25, 0.3) is 0 Å². The van der Waals surface area contributed by atoms with Gasteiger partial charge in [0.05, 0.1) is 12.5 Å². The lowest BCUT2D eigenvalue weighted by Crippen LogP contribution is -2.00. The molecule has 0 fully saturated rings. The lowest BCUT2D eigenvalue weighted by atomic mass is 10.5. The smallest absolute Gasteiger partial charge is 0.330 e. The van der Waals surface area contributed by atoms with E-state index in [2.05, 4.69) is 11.3 Å². The molecule has 0 spiro atoms. The molecule has 0 aromatic heterocycles. The zero-order chi connectivity index (χ0) is 7.11. The van der Waals surface area contributed by atoms with Crippen LogP contribution in [0.5, 0.6) is 0 Å². The maximum Gasteiger partial charge on any atom is 0.330 e. The van der Waals surface area contributed by atoms with Gasteiger partial charge in [-0.2, -0.15) is 5.26 Å². The predicted octanol–water partition coefficient (Wildman–Crippen LogP) is 0.629. The summed E-state index contributed by atoms with van der Waals surface area (Å²) < 4.78 is 4.45. The van der Waals surface area contributed by atoms with Gasteiger partial charge in [0.2, 0.25) is 0 Å². The van der Waals surface area contributed by atoms with Crippen LogP contribution < -0.4 is 0 Å². The van der Waals surface area contributed by atoms with Crippen LogP contribution in [0.1, 0.15) is 6.42 Å². The van der Waals surface area contributed by atoms with Crippen molar-refractivity contribution in [3.63, 3.8) is 0 Å². The fourth-order valence-corrected chi connectivity index (χ4v) is 0.256. The Kier molecular flexibility index (Phi) is 4.15. The molecule has 0 bridgehead atoms. The Labute approximate surface area is 53.5 Å². The van der Waals surface area contributed by atoms with Gasteiger partial charge in [-0.25, -0.2) is 4.79 Å². The molecular formula is C6H7NO2. The number of esters is 1. The van der Waals surface area contributed by atoms with Crippen LogP contribution in [0.2, 0.25) is 0 Å². The summed E-state index contributed by atoms with van der Waals surface area (Å²) >= 11 is 0. The van der Waals surface area contributed by atoms with Crippen LogP contribution in [0, 0.1) is 11.3 Å². The fourth-order valence-electron chi connectivity index (χ4n) is 0.256. The Morgan fingerprint density at radius 3 is 3.00 bits per heavy atom. The lowest BCUT2D eigenvalue weighted by Gasteiger charge is -1.93. The number of nitrogens with zero attached hydrogens (tertiary/aromatic N) is 1. The van der Waals surface area contributed by atoms with Crippen molar-refractivity contribution in [2.75, 3.05) is 6.61 Å². The van der Waals surface area contributed by atoms with Crippen LogP contribution in [-0.4, -0.2) is 12.6 Å². The lowest BCUT2D eigenvalue weighted by molar-refractivity contribution is -0.137. The summed E-state index contributed by atoms with van der Waals surface area (Å²) in [5.74, 6) is -0.481. The molecule has 0 aromatic carbocycles. The highest BCUT2D eigenvalue weighted by Crippen LogP contribution is 1.81. The zero-order valence-electron chi connectivity index (χ0n) is 4.96. The first-order valence-corrected chi connectivity index (χ1v) is 2.47. The Morgan fingerprint density at radius 2 is 2.56 bits per heavy atom. The van der Waals surface area contributed by atoms with Crippen molar-refractivity contribution in [3.05, 3.63) is 12.7 Å². The number of carbonyl (C=O) groups excluding carboxylic acids is 1. The molecular weight excluding hydrogens is 118 g/mol. The number of hydrogen-bond acceptors (Lipinski definition) is 3. The van der Waals surface area contributed by atoms with Crippen molar-refractivity contribution < 1.29 is 9.53 Å². The maximum atomic E-state index is 10.2. The van der Waals surface area contributed by atoms with Crippen molar-refractivity contribution in [3.8, 4) is 6.07 Å². The second kappa shape index (κ2) is 4.85. The van der Waals surface area contributed by atoms with Crippen molar-refractivity contribution >= 4 is 5.97 Å². The fraction of sp³-hybridized carbons (Fsp3) is 0.333. The van der Waals surface area contributed by atoms with Crippen LogP contribution in [-0.2, 0) is 9.53 Å². The second-order valence-corrected chi connectivity index (χ2v) is 1.28. The molecule has 48 valence electrons. The van der Waals surface area contributed by atoms with E-state index in [0.717, 1.165) is 6.08 Å². The summed E-state index contributed by atoms with van der Waals surface area (Å²) in [6, 6.07) is 1.84. The zero-order valence-corrected chi connectivity index (χ0v) is 4.96. The van der Waals surface area contributed by atoms with Gasteiger partial charge in [-0.3, -0.25) is 0 Å². The van der Waals surface area contributed by atoms with Gasteiger partial charge in [0.25, 0.3) is 0 Å². The van der Waals surface area contributed by atoms with Crippen molar-refractivity contribution in [1.82, 2.24) is 0 Å². The van der Waals surface area contributed by atoms with Crippen molar-refractivity contribution in [1.29, 1.82) is 5.26 Å². The van der Waals surface area contributed by atoms with Crippen molar-refractivity contribution in [2.45, 2.75) is 6.42 Å². The van der Waals surface area contributed by atoms with Crippen LogP contribution in [0.15, 0.2) is 12.7 Å². The molecule has 0 unspecified atom stereocenters. The Hall–Kier alpha value is -1.30. The molecule has 0 aliphatic rings. The highest BCUT2D eigenvalue weighted by molar-refractivity contribution is 5.81. The third-order valence-corrected chi connectivity index (χ3v) is 0.625. The average Bonchev–Trinajstić information content (AvgIpc) is 1.89. The molecule has 0 aliphatic carbocycles. The first-order valence-electron chi connectivity index (χ1n) is 2.47. The molecule has 0 saturated heterocycles. The number of carbonyl (C=O) groups is 1. The van der Waals surface area contributed by atoms with Gasteiger partial charge in [0.15, 0.2) is 0 Å². The van der Waals surface area contributed by atoms with E-state index in [1.54, 1.807) is 0 Å². The van der Waals surface area contributed by atoms with E-state index in [4.69, 9.17) is 5.26 Å². The highest BCUT2D eigenvalue weighted by atomic mass is 16.5. The van der Waals surface area contributed by atoms with E-state index in [-0.39, 0.29) is 13.0 Å². The monoisotopic (exact) mass is 125 g/mol. The predicted molar refractivity (Wildman–Crippen MR) is 31.4 cm³/mol. The molecule has 0 saturated carbocycles. The van der Waals surface area contributed by atoms with Gasteiger partial charge in [-0.15, -0.1) is 0 Å². The van der Waals surface area contributed by atoms with Crippen LogP contribution >= 0.6 is 0 Å². The molecule has 0 N–H and O–H groups in total. The van der Waals surface area contributed by atoms with Gasteiger partial charge < -0.3 is 4.74 Å². The quantitative estimate of drug-likeness (QED) is 0.316. The summed E-state index contributed by atoms with van der Waals surface area (Å²) in [6.45, 7) is 3.34. The van der Waals surface area contributed by atoms with E-state index in [9.17, 15) is 4.79 Å². The third-order valence-electron chi connectivity index (χ3n) is 0.625. The maximum absolute atomic E-state index is 10.2. The Balaban J connectivity index is 3.19. The SMILES string of the molecule is C=CC(=O)OCCC#N. The van der Waals surface area contributed by atoms with Gasteiger partial charge in [0.1, 0.15) is 6.61 Å². The van der Waals surface area contributed by atoms with Gasteiger partial charge in [-0.1, -0.05) is 6.58 Å². The normalized spacial score (nSPS) is 7.44. The molecule has 9 heavy (non-hydrogen) atoms. The average molecular weight is 125 g/mol. The molecule has 0 aliphatic heterocycles. The summed E-state index contributed by atoms with van der Waals surface area (Å²) in [5, 5.41) is 7.98. The summed E-state index contributed by atoms with van der Waals surface area (Å²) in [5.41, 5.74) is 0. The molecule has 0 rings (SSSR count). The van der Waals surface area contributed by atoms with Gasteiger partial charge in [0, 0.05) is 6.08 Å². The topological polar surface area (TPSA) is 50.1 Å². The largest absolute Gasteiger partial charge is 0.461 e. The number of ether oxygens (including phenoxy) is 1. The Morgan fingerprint density at radius 1 is 1.89 bits per heavy atom.